The van der Waals surface area contributed by atoms with Gasteiger partial charge in [0.05, 0.1) is 0 Å². The fourth-order valence-corrected chi connectivity index (χ4v) is 7.46. The summed E-state index contributed by atoms with van der Waals surface area (Å²) in [6.45, 7) is 2.38. The largest absolute Gasteiger partial charge is 0.456 e. The van der Waals surface area contributed by atoms with Gasteiger partial charge < -0.3 is 4.74 Å². The quantitative estimate of drug-likeness (QED) is 0.213. The Bertz CT molecular complexity index is 2220. The van der Waals surface area contributed by atoms with Crippen LogP contribution in [-0.4, -0.2) is 0 Å². The molecule has 1 heteroatoms. The topological polar surface area (TPSA) is 9.23 Å². The first-order valence-electron chi connectivity index (χ1n) is 14.9. The molecule has 9 rings (SSSR count). The van der Waals surface area contributed by atoms with Crippen molar-refractivity contribution in [3.8, 4) is 56.0 Å². The molecule has 0 aromatic heterocycles. The van der Waals surface area contributed by atoms with Gasteiger partial charge in [0.25, 0.3) is 0 Å². The van der Waals surface area contributed by atoms with Crippen molar-refractivity contribution >= 4 is 10.8 Å². The molecule has 202 valence electrons. The second-order valence-corrected chi connectivity index (χ2v) is 11.8. The summed E-state index contributed by atoms with van der Waals surface area (Å²) in [4.78, 5) is 0. The minimum atomic E-state index is -0.229. The van der Waals surface area contributed by atoms with Gasteiger partial charge in [-0.3, -0.25) is 0 Å². The Morgan fingerprint density at radius 3 is 1.86 bits per heavy atom. The van der Waals surface area contributed by atoms with Crippen molar-refractivity contribution in [3.05, 3.63) is 168 Å². The Morgan fingerprint density at radius 1 is 0.419 bits per heavy atom. The highest BCUT2D eigenvalue weighted by molar-refractivity contribution is 6.05. The number of fused-ring (bicyclic) bond motifs is 5. The highest BCUT2D eigenvalue weighted by atomic mass is 16.5. The van der Waals surface area contributed by atoms with Crippen LogP contribution in [-0.2, 0) is 5.41 Å². The average Bonchev–Trinajstić information content (AvgIpc) is 3.34. The second kappa shape index (κ2) is 9.05. The number of rotatable bonds is 3. The van der Waals surface area contributed by atoms with E-state index in [9.17, 15) is 0 Å². The highest BCUT2D eigenvalue weighted by Crippen LogP contribution is 2.54. The summed E-state index contributed by atoms with van der Waals surface area (Å²) in [6.07, 6.45) is 0. The van der Waals surface area contributed by atoms with Crippen molar-refractivity contribution in [2.24, 2.45) is 0 Å². The summed E-state index contributed by atoms with van der Waals surface area (Å²) < 4.78 is 6.40. The van der Waals surface area contributed by atoms with Crippen LogP contribution < -0.4 is 4.74 Å². The van der Waals surface area contributed by atoms with Crippen molar-refractivity contribution in [1.29, 1.82) is 0 Å². The molecular weight excluding hydrogens is 520 g/mol. The zero-order chi connectivity index (χ0) is 28.5. The van der Waals surface area contributed by atoms with E-state index in [4.69, 9.17) is 4.74 Å². The molecule has 1 unspecified atom stereocenters. The maximum absolute atomic E-state index is 6.40. The van der Waals surface area contributed by atoms with Crippen LogP contribution >= 0.6 is 0 Å². The van der Waals surface area contributed by atoms with Crippen LogP contribution in [0, 0.1) is 0 Å². The summed E-state index contributed by atoms with van der Waals surface area (Å²) in [5, 5.41) is 2.38. The van der Waals surface area contributed by atoms with Gasteiger partial charge in [0.2, 0.25) is 0 Å². The number of hydrogen-bond donors (Lipinski definition) is 0. The lowest BCUT2D eigenvalue weighted by atomic mass is 9.74. The lowest BCUT2D eigenvalue weighted by Gasteiger charge is -2.28. The van der Waals surface area contributed by atoms with Gasteiger partial charge in [-0.05, 0) is 92.2 Å². The Hall–Kier alpha value is -5.40. The van der Waals surface area contributed by atoms with Gasteiger partial charge >= 0.3 is 0 Å². The van der Waals surface area contributed by atoms with Gasteiger partial charge in [-0.25, -0.2) is 0 Å². The van der Waals surface area contributed by atoms with E-state index in [-0.39, 0.29) is 5.41 Å². The average molecular weight is 549 g/mol. The monoisotopic (exact) mass is 548 g/mol. The molecular formula is C42H28O. The maximum Gasteiger partial charge on any atom is 0.135 e. The Balaban J connectivity index is 1.21. The Labute approximate surface area is 251 Å². The molecule has 7 aromatic rings. The van der Waals surface area contributed by atoms with Crippen LogP contribution in [0.2, 0.25) is 0 Å². The molecule has 0 saturated carbocycles. The first-order valence-corrected chi connectivity index (χ1v) is 14.9. The standard InChI is InChI=1S/C42H28O/c1-42(30-13-3-2-4-14-30)37-19-8-7-17-33(37)34-23-21-29(26-38(34)42)32-16-6-5-15-31(32)28-22-24-39-36(25-28)35-18-9-11-27-12-10-20-40(43-39)41(27)35/h2-26H,1H3. The van der Waals surface area contributed by atoms with Crippen LogP contribution in [0.4, 0.5) is 0 Å². The zero-order valence-corrected chi connectivity index (χ0v) is 23.8. The molecule has 1 atom stereocenters. The second-order valence-electron chi connectivity index (χ2n) is 11.8. The molecule has 0 bridgehead atoms. The number of hydrogen-bond acceptors (Lipinski definition) is 1. The molecule has 1 aliphatic carbocycles. The molecule has 0 spiro atoms. The predicted molar refractivity (Wildman–Crippen MR) is 178 cm³/mol. The van der Waals surface area contributed by atoms with Crippen LogP contribution in [0.1, 0.15) is 23.6 Å². The van der Waals surface area contributed by atoms with Crippen molar-refractivity contribution in [2.45, 2.75) is 12.3 Å². The number of ether oxygens (including phenoxy) is 1. The summed E-state index contributed by atoms with van der Waals surface area (Å²) in [5.41, 5.74) is 13.7. The summed E-state index contributed by atoms with van der Waals surface area (Å²) in [5.74, 6) is 1.83. The van der Waals surface area contributed by atoms with Crippen LogP contribution in [0.3, 0.4) is 0 Å². The molecule has 43 heavy (non-hydrogen) atoms. The molecule has 1 aliphatic heterocycles. The van der Waals surface area contributed by atoms with Crippen LogP contribution in [0.15, 0.2) is 152 Å². The van der Waals surface area contributed by atoms with Gasteiger partial charge in [0, 0.05) is 16.4 Å². The molecule has 0 saturated heterocycles. The first kappa shape index (κ1) is 24.2. The Kier molecular flexibility index (Phi) is 5.10. The smallest absolute Gasteiger partial charge is 0.135 e. The van der Waals surface area contributed by atoms with Crippen molar-refractivity contribution < 1.29 is 4.74 Å². The molecule has 0 amide bonds. The summed E-state index contributed by atoms with van der Waals surface area (Å²) >= 11 is 0. The molecule has 0 radical (unpaired) electrons. The highest BCUT2D eigenvalue weighted by Gasteiger charge is 2.40. The van der Waals surface area contributed by atoms with Gasteiger partial charge in [0.1, 0.15) is 11.5 Å². The van der Waals surface area contributed by atoms with Crippen molar-refractivity contribution in [3.63, 3.8) is 0 Å². The minimum Gasteiger partial charge on any atom is -0.456 e. The third kappa shape index (κ3) is 3.46. The fourth-order valence-electron chi connectivity index (χ4n) is 7.46. The molecule has 7 aromatic carbocycles. The number of benzene rings is 7. The third-order valence-corrected chi connectivity index (χ3v) is 9.57. The van der Waals surface area contributed by atoms with Crippen molar-refractivity contribution in [1.82, 2.24) is 0 Å². The summed E-state index contributed by atoms with van der Waals surface area (Å²) in [6, 6.07) is 55.1. The third-order valence-electron chi connectivity index (χ3n) is 9.57. The molecule has 1 heterocycles. The van der Waals surface area contributed by atoms with Gasteiger partial charge in [-0.1, -0.05) is 127 Å². The van der Waals surface area contributed by atoms with Gasteiger partial charge in [-0.2, -0.15) is 0 Å². The Morgan fingerprint density at radius 2 is 1.05 bits per heavy atom. The summed E-state index contributed by atoms with van der Waals surface area (Å²) in [7, 11) is 0. The minimum absolute atomic E-state index is 0.229. The normalized spacial score (nSPS) is 15.8. The van der Waals surface area contributed by atoms with Crippen LogP contribution in [0.25, 0.3) is 55.3 Å². The van der Waals surface area contributed by atoms with E-state index < -0.39 is 0 Å². The van der Waals surface area contributed by atoms with E-state index in [1.54, 1.807) is 0 Å². The maximum atomic E-state index is 6.40. The molecule has 2 aliphatic rings. The molecule has 1 nitrogen and oxygen atoms in total. The van der Waals surface area contributed by atoms with Gasteiger partial charge in [-0.15, -0.1) is 0 Å². The van der Waals surface area contributed by atoms with E-state index >= 15 is 0 Å². The van der Waals surface area contributed by atoms with E-state index in [0.717, 1.165) is 17.1 Å². The lowest BCUT2D eigenvalue weighted by molar-refractivity contribution is 0.487. The van der Waals surface area contributed by atoms with E-state index in [1.165, 1.54) is 66.4 Å². The fraction of sp³-hybridized carbons (Fsp3) is 0.0476. The van der Waals surface area contributed by atoms with E-state index in [2.05, 4.69) is 159 Å². The van der Waals surface area contributed by atoms with E-state index in [0.29, 0.717) is 0 Å². The van der Waals surface area contributed by atoms with Gasteiger partial charge in [0.15, 0.2) is 0 Å². The SMILES string of the molecule is CC1(c2ccccc2)c2ccccc2-c2ccc(-c3ccccc3-c3ccc4c(c3)-c3cccc5cccc(c35)O4)cc21. The molecule has 0 fully saturated rings. The lowest BCUT2D eigenvalue weighted by Crippen LogP contribution is -2.22. The van der Waals surface area contributed by atoms with Crippen molar-refractivity contribution in [2.75, 3.05) is 0 Å². The first-order chi connectivity index (χ1) is 21.2. The molecule has 0 N–H and O–H groups in total. The predicted octanol–water partition coefficient (Wildman–Crippen LogP) is 11.3. The van der Waals surface area contributed by atoms with Crippen LogP contribution in [0.5, 0.6) is 11.5 Å². The zero-order valence-electron chi connectivity index (χ0n) is 23.8. The van der Waals surface area contributed by atoms with E-state index in [1.807, 2.05) is 0 Å².